The number of carboxylic acids is 1. The highest BCUT2D eigenvalue weighted by molar-refractivity contribution is 9.10. The molecule has 0 spiro atoms. The number of anilines is 1. The van der Waals surface area contributed by atoms with E-state index >= 15 is 0 Å². The van der Waals surface area contributed by atoms with Gasteiger partial charge in [-0.15, -0.1) is 0 Å². The molecule has 5 heteroatoms. The summed E-state index contributed by atoms with van der Waals surface area (Å²) in [5.41, 5.74) is 1.20. The predicted molar refractivity (Wildman–Crippen MR) is 80.0 cm³/mol. The number of halogens is 1. The summed E-state index contributed by atoms with van der Waals surface area (Å²) in [5.74, 6) is -0.869. The van der Waals surface area contributed by atoms with Crippen LogP contribution in [-0.2, 0) is 0 Å². The highest BCUT2D eigenvalue weighted by Gasteiger charge is 2.23. The van der Waals surface area contributed by atoms with E-state index in [-0.39, 0.29) is 0 Å². The lowest BCUT2D eigenvalue weighted by molar-refractivity contribution is 0.0697. The Kier molecular flexibility index (Phi) is 4.47. The first kappa shape index (κ1) is 14.3. The van der Waals surface area contributed by atoms with E-state index in [1.165, 1.54) is 0 Å². The van der Waals surface area contributed by atoms with Gasteiger partial charge in [0.15, 0.2) is 0 Å². The van der Waals surface area contributed by atoms with Crippen LogP contribution >= 0.6 is 15.9 Å². The number of benzene rings is 1. The summed E-state index contributed by atoms with van der Waals surface area (Å²) >= 11 is 3.33. The standard InChI is InChI=1S/C14H19BrN2O2/c1-16(2)11-5-7-17(8-6-11)13-4-3-10(15)9-12(13)14(18)19/h3-4,9,11H,5-8H2,1-2H3,(H,18,19). The molecule has 0 atom stereocenters. The third kappa shape index (κ3) is 3.28. The van der Waals surface area contributed by atoms with Gasteiger partial charge in [0.05, 0.1) is 11.3 Å². The molecule has 1 fully saturated rings. The average Bonchev–Trinajstić information content (AvgIpc) is 2.38. The second-order valence-corrected chi connectivity index (χ2v) is 6.06. The second-order valence-electron chi connectivity index (χ2n) is 5.15. The Morgan fingerprint density at radius 3 is 2.53 bits per heavy atom. The number of aromatic carboxylic acids is 1. The van der Waals surface area contributed by atoms with E-state index in [2.05, 4.69) is 39.8 Å². The molecule has 1 aliphatic heterocycles. The fourth-order valence-corrected chi connectivity index (χ4v) is 2.94. The summed E-state index contributed by atoms with van der Waals surface area (Å²) in [6, 6.07) is 6.07. The molecule has 1 saturated heterocycles. The maximum Gasteiger partial charge on any atom is 0.337 e. The first-order valence-corrected chi connectivity index (χ1v) is 7.22. The molecule has 0 amide bonds. The molecule has 4 nitrogen and oxygen atoms in total. The molecule has 0 unspecified atom stereocenters. The maximum atomic E-state index is 11.3. The van der Waals surface area contributed by atoms with Gasteiger partial charge in [-0.2, -0.15) is 0 Å². The highest BCUT2D eigenvalue weighted by Crippen LogP contribution is 2.28. The van der Waals surface area contributed by atoms with E-state index in [9.17, 15) is 9.90 Å². The van der Waals surface area contributed by atoms with Crippen molar-refractivity contribution in [2.24, 2.45) is 0 Å². The Morgan fingerprint density at radius 2 is 2.00 bits per heavy atom. The van der Waals surface area contributed by atoms with E-state index in [1.54, 1.807) is 6.07 Å². The molecular formula is C14H19BrN2O2. The summed E-state index contributed by atoms with van der Waals surface area (Å²) in [6.45, 7) is 1.81. The highest BCUT2D eigenvalue weighted by atomic mass is 79.9. The summed E-state index contributed by atoms with van der Waals surface area (Å²) in [4.78, 5) is 15.8. The van der Waals surface area contributed by atoms with Crippen molar-refractivity contribution < 1.29 is 9.90 Å². The van der Waals surface area contributed by atoms with Crippen molar-refractivity contribution in [2.45, 2.75) is 18.9 Å². The van der Waals surface area contributed by atoms with Crippen molar-refractivity contribution in [1.82, 2.24) is 4.90 Å². The number of carboxylic acid groups (broad SMARTS) is 1. The van der Waals surface area contributed by atoms with Crippen LogP contribution in [0.4, 0.5) is 5.69 Å². The number of nitrogens with zero attached hydrogens (tertiary/aromatic N) is 2. The molecule has 19 heavy (non-hydrogen) atoms. The van der Waals surface area contributed by atoms with Gasteiger partial charge in [-0.1, -0.05) is 15.9 Å². The van der Waals surface area contributed by atoms with Gasteiger partial charge in [0.2, 0.25) is 0 Å². The van der Waals surface area contributed by atoms with Crippen LogP contribution in [0.25, 0.3) is 0 Å². The summed E-state index contributed by atoms with van der Waals surface area (Å²) in [6.07, 6.45) is 2.14. The van der Waals surface area contributed by atoms with E-state index in [1.807, 2.05) is 12.1 Å². The third-order valence-corrected chi connectivity index (χ3v) is 4.22. The minimum Gasteiger partial charge on any atom is -0.478 e. The van der Waals surface area contributed by atoms with Gasteiger partial charge in [0, 0.05) is 23.6 Å². The zero-order valence-electron chi connectivity index (χ0n) is 11.3. The van der Waals surface area contributed by atoms with Crippen LogP contribution in [0.2, 0.25) is 0 Å². The second kappa shape index (κ2) is 5.92. The van der Waals surface area contributed by atoms with Crippen molar-refractivity contribution in [3.63, 3.8) is 0 Å². The van der Waals surface area contributed by atoms with E-state index < -0.39 is 5.97 Å². The molecule has 1 heterocycles. The lowest BCUT2D eigenvalue weighted by atomic mass is 10.0. The molecule has 1 aliphatic rings. The molecule has 0 bridgehead atoms. The molecule has 1 aromatic carbocycles. The predicted octanol–water partition coefficient (Wildman–Crippen LogP) is 2.68. The molecule has 0 saturated carbocycles. The van der Waals surface area contributed by atoms with Crippen LogP contribution in [0, 0.1) is 0 Å². The molecule has 0 radical (unpaired) electrons. The number of hydrogen-bond acceptors (Lipinski definition) is 3. The smallest absolute Gasteiger partial charge is 0.337 e. The average molecular weight is 327 g/mol. The Bertz CT molecular complexity index is 469. The zero-order valence-corrected chi connectivity index (χ0v) is 12.9. The van der Waals surface area contributed by atoms with Crippen LogP contribution in [0.5, 0.6) is 0 Å². The lowest BCUT2D eigenvalue weighted by Crippen LogP contribution is -2.42. The van der Waals surface area contributed by atoms with Crippen LogP contribution < -0.4 is 4.90 Å². The minimum atomic E-state index is -0.869. The van der Waals surface area contributed by atoms with Crippen LogP contribution in [0.1, 0.15) is 23.2 Å². The normalized spacial score (nSPS) is 16.9. The van der Waals surface area contributed by atoms with Crippen LogP contribution in [-0.4, -0.2) is 49.2 Å². The number of hydrogen-bond donors (Lipinski definition) is 1. The fourth-order valence-electron chi connectivity index (χ4n) is 2.58. The Hall–Kier alpha value is -1.07. The molecule has 0 aromatic heterocycles. The minimum absolute atomic E-state index is 0.373. The van der Waals surface area contributed by atoms with Gasteiger partial charge in [-0.25, -0.2) is 4.79 Å². The summed E-state index contributed by atoms with van der Waals surface area (Å²) in [5, 5.41) is 9.31. The van der Waals surface area contributed by atoms with Gasteiger partial charge in [-0.3, -0.25) is 0 Å². The molecule has 2 rings (SSSR count). The van der Waals surface area contributed by atoms with Gasteiger partial charge in [0.1, 0.15) is 0 Å². The topological polar surface area (TPSA) is 43.8 Å². The van der Waals surface area contributed by atoms with E-state index in [4.69, 9.17) is 0 Å². The maximum absolute atomic E-state index is 11.3. The fraction of sp³-hybridized carbons (Fsp3) is 0.500. The van der Waals surface area contributed by atoms with E-state index in [0.717, 1.165) is 36.1 Å². The molecule has 1 aromatic rings. The summed E-state index contributed by atoms with van der Waals surface area (Å²) in [7, 11) is 4.20. The number of piperidine rings is 1. The Balaban J connectivity index is 2.17. The zero-order chi connectivity index (χ0) is 14.0. The van der Waals surface area contributed by atoms with Gasteiger partial charge in [0.25, 0.3) is 0 Å². The van der Waals surface area contributed by atoms with Crippen molar-refractivity contribution in [1.29, 1.82) is 0 Å². The van der Waals surface area contributed by atoms with Crippen molar-refractivity contribution in [2.75, 3.05) is 32.1 Å². The molecule has 104 valence electrons. The number of carbonyl (C=O) groups is 1. The molecular weight excluding hydrogens is 308 g/mol. The third-order valence-electron chi connectivity index (χ3n) is 3.72. The molecule has 1 N–H and O–H groups in total. The van der Waals surface area contributed by atoms with Crippen LogP contribution in [0.15, 0.2) is 22.7 Å². The largest absolute Gasteiger partial charge is 0.478 e. The monoisotopic (exact) mass is 326 g/mol. The van der Waals surface area contributed by atoms with Gasteiger partial charge in [-0.05, 0) is 45.1 Å². The first-order valence-electron chi connectivity index (χ1n) is 6.43. The number of rotatable bonds is 3. The van der Waals surface area contributed by atoms with Crippen molar-refractivity contribution in [3.8, 4) is 0 Å². The van der Waals surface area contributed by atoms with Gasteiger partial charge < -0.3 is 14.9 Å². The SMILES string of the molecule is CN(C)C1CCN(c2ccc(Br)cc2C(=O)O)CC1. The van der Waals surface area contributed by atoms with Crippen molar-refractivity contribution >= 4 is 27.6 Å². The van der Waals surface area contributed by atoms with Crippen molar-refractivity contribution in [3.05, 3.63) is 28.2 Å². The quantitative estimate of drug-likeness (QED) is 0.927. The Morgan fingerprint density at radius 1 is 1.37 bits per heavy atom. The van der Waals surface area contributed by atoms with Crippen LogP contribution in [0.3, 0.4) is 0 Å². The Labute approximate surface area is 122 Å². The van der Waals surface area contributed by atoms with E-state index in [0.29, 0.717) is 11.6 Å². The molecule has 0 aliphatic carbocycles. The lowest BCUT2D eigenvalue weighted by Gasteiger charge is -2.37. The first-order chi connectivity index (χ1) is 8.99. The van der Waals surface area contributed by atoms with Gasteiger partial charge >= 0.3 is 5.97 Å². The summed E-state index contributed by atoms with van der Waals surface area (Å²) < 4.78 is 0.803.